The number of hydrogen-bond acceptors (Lipinski definition) is 1. The fraction of sp³-hybridized carbons (Fsp3) is 0.818. The van der Waals surface area contributed by atoms with Crippen LogP contribution in [0.15, 0.2) is 11.6 Å². The van der Waals surface area contributed by atoms with Crippen LogP contribution in [0.4, 0.5) is 0 Å². The maximum atomic E-state index is 5.56. The van der Waals surface area contributed by atoms with Gasteiger partial charge in [-0.05, 0) is 31.6 Å². The van der Waals surface area contributed by atoms with Gasteiger partial charge in [-0.1, -0.05) is 31.4 Å². The van der Waals surface area contributed by atoms with Gasteiger partial charge in [0.1, 0.15) is 0 Å². The number of nitrogens with two attached hydrogens (primary N) is 1. The first kappa shape index (κ1) is 9.79. The molecule has 70 valence electrons. The summed E-state index contributed by atoms with van der Waals surface area (Å²) in [5, 5.41) is 0. The lowest BCUT2D eigenvalue weighted by molar-refractivity contribution is 0.324. The minimum atomic E-state index is 0.727. The molecule has 0 aromatic rings. The van der Waals surface area contributed by atoms with Crippen LogP contribution in [-0.4, -0.2) is 6.54 Å². The first-order valence-corrected chi connectivity index (χ1v) is 5.09. The van der Waals surface area contributed by atoms with Gasteiger partial charge in [0.25, 0.3) is 0 Å². The molecule has 1 saturated carbocycles. The molecule has 1 heteroatoms. The lowest BCUT2D eigenvalue weighted by atomic mass is 9.82. The number of allylic oxidation sites excluding steroid dienone is 1. The maximum absolute atomic E-state index is 5.56. The van der Waals surface area contributed by atoms with Crippen molar-refractivity contribution in [3.05, 3.63) is 11.6 Å². The summed E-state index contributed by atoms with van der Waals surface area (Å²) in [5.74, 6) is 1.74. The standard InChI is InChI=1S/C11H21N/c1-9-4-3-5-11(6-9)7-10(2)8-12/h7,9,11H,3-6,8,12H2,1-2H3. The fourth-order valence-electron chi connectivity index (χ4n) is 2.10. The van der Waals surface area contributed by atoms with E-state index < -0.39 is 0 Å². The Labute approximate surface area is 76.0 Å². The predicted molar refractivity (Wildman–Crippen MR) is 53.9 cm³/mol. The second-order valence-corrected chi connectivity index (χ2v) is 4.25. The minimum Gasteiger partial charge on any atom is -0.327 e. The van der Waals surface area contributed by atoms with Crippen LogP contribution in [0.25, 0.3) is 0 Å². The van der Waals surface area contributed by atoms with Crippen molar-refractivity contribution in [1.29, 1.82) is 0 Å². The summed E-state index contributed by atoms with van der Waals surface area (Å²) in [5.41, 5.74) is 6.91. The Morgan fingerprint density at radius 3 is 2.83 bits per heavy atom. The highest BCUT2D eigenvalue weighted by molar-refractivity contribution is 5.03. The quantitative estimate of drug-likeness (QED) is 0.629. The molecule has 1 aliphatic carbocycles. The molecule has 1 fully saturated rings. The van der Waals surface area contributed by atoms with Crippen LogP contribution in [-0.2, 0) is 0 Å². The monoisotopic (exact) mass is 167 g/mol. The maximum Gasteiger partial charge on any atom is 0.0134 e. The highest BCUT2D eigenvalue weighted by Crippen LogP contribution is 2.29. The molecule has 0 heterocycles. The van der Waals surface area contributed by atoms with Gasteiger partial charge in [0.15, 0.2) is 0 Å². The molecular weight excluding hydrogens is 146 g/mol. The predicted octanol–water partition coefficient (Wildman–Crippen LogP) is 2.72. The van der Waals surface area contributed by atoms with Crippen molar-refractivity contribution >= 4 is 0 Å². The molecule has 1 aliphatic rings. The highest BCUT2D eigenvalue weighted by Gasteiger charge is 2.16. The molecule has 0 saturated heterocycles. The Morgan fingerprint density at radius 2 is 2.25 bits per heavy atom. The zero-order chi connectivity index (χ0) is 8.97. The van der Waals surface area contributed by atoms with E-state index in [1.165, 1.54) is 31.3 Å². The van der Waals surface area contributed by atoms with Gasteiger partial charge < -0.3 is 5.73 Å². The van der Waals surface area contributed by atoms with Crippen LogP contribution in [0.1, 0.15) is 39.5 Å². The molecule has 2 N–H and O–H groups in total. The summed E-state index contributed by atoms with van der Waals surface area (Å²) in [6.07, 6.45) is 7.96. The third kappa shape index (κ3) is 2.98. The Kier molecular flexibility index (Phi) is 3.80. The zero-order valence-electron chi connectivity index (χ0n) is 8.34. The first-order chi connectivity index (χ1) is 5.72. The third-order valence-electron chi connectivity index (χ3n) is 2.82. The summed E-state index contributed by atoms with van der Waals surface area (Å²) in [7, 11) is 0. The Morgan fingerprint density at radius 1 is 1.50 bits per heavy atom. The molecule has 0 amide bonds. The zero-order valence-corrected chi connectivity index (χ0v) is 8.34. The van der Waals surface area contributed by atoms with E-state index in [2.05, 4.69) is 19.9 Å². The molecule has 0 bridgehead atoms. The third-order valence-corrected chi connectivity index (χ3v) is 2.82. The van der Waals surface area contributed by atoms with E-state index in [-0.39, 0.29) is 0 Å². The molecule has 1 rings (SSSR count). The van der Waals surface area contributed by atoms with Gasteiger partial charge in [-0.2, -0.15) is 0 Å². The molecule has 0 aliphatic heterocycles. The summed E-state index contributed by atoms with van der Waals surface area (Å²) in [6, 6.07) is 0. The van der Waals surface area contributed by atoms with Crippen molar-refractivity contribution in [3.63, 3.8) is 0 Å². The van der Waals surface area contributed by atoms with Crippen LogP contribution in [0.2, 0.25) is 0 Å². The Hall–Kier alpha value is -0.300. The normalized spacial score (nSPS) is 32.1. The van der Waals surface area contributed by atoms with Gasteiger partial charge in [-0.25, -0.2) is 0 Å². The molecule has 0 spiro atoms. The lowest BCUT2D eigenvalue weighted by Gasteiger charge is -2.24. The van der Waals surface area contributed by atoms with E-state index >= 15 is 0 Å². The van der Waals surface area contributed by atoms with Crippen LogP contribution >= 0.6 is 0 Å². The van der Waals surface area contributed by atoms with Crippen molar-refractivity contribution in [1.82, 2.24) is 0 Å². The van der Waals surface area contributed by atoms with Crippen molar-refractivity contribution < 1.29 is 0 Å². The summed E-state index contributed by atoms with van der Waals surface area (Å²) < 4.78 is 0. The van der Waals surface area contributed by atoms with Crippen LogP contribution in [0, 0.1) is 11.8 Å². The van der Waals surface area contributed by atoms with E-state index in [0.717, 1.165) is 18.4 Å². The SMILES string of the molecule is CC(=CC1CCCC(C)C1)CN. The molecule has 2 atom stereocenters. The highest BCUT2D eigenvalue weighted by atomic mass is 14.5. The van der Waals surface area contributed by atoms with Gasteiger partial charge in [0.05, 0.1) is 0 Å². The molecule has 2 unspecified atom stereocenters. The topological polar surface area (TPSA) is 26.0 Å². The van der Waals surface area contributed by atoms with Crippen molar-refractivity contribution in [3.8, 4) is 0 Å². The van der Waals surface area contributed by atoms with Crippen molar-refractivity contribution in [2.75, 3.05) is 6.54 Å². The summed E-state index contributed by atoms with van der Waals surface area (Å²) >= 11 is 0. The van der Waals surface area contributed by atoms with Crippen LogP contribution in [0.3, 0.4) is 0 Å². The van der Waals surface area contributed by atoms with E-state index in [1.54, 1.807) is 0 Å². The lowest BCUT2D eigenvalue weighted by Crippen LogP contribution is -2.12. The smallest absolute Gasteiger partial charge is 0.0134 e. The number of rotatable bonds is 2. The van der Waals surface area contributed by atoms with Crippen molar-refractivity contribution in [2.45, 2.75) is 39.5 Å². The van der Waals surface area contributed by atoms with E-state index in [1.807, 2.05) is 0 Å². The molecule has 0 radical (unpaired) electrons. The second-order valence-electron chi connectivity index (χ2n) is 4.25. The van der Waals surface area contributed by atoms with E-state index in [9.17, 15) is 0 Å². The molecule has 0 aromatic heterocycles. The van der Waals surface area contributed by atoms with Gasteiger partial charge in [-0.3, -0.25) is 0 Å². The van der Waals surface area contributed by atoms with Gasteiger partial charge in [0, 0.05) is 6.54 Å². The van der Waals surface area contributed by atoms with Crippen molar-refractivity contribution in [2.24, 2.45) is 17.6 Å². The van der Waals surface area contributed by atoms with Crippen LogP contribution in [0.5, 0.6) is 0 Å². The summed E-state index contributed by atoms with van der Waals surface area (Å²) in [6.45, 7) is 5.22. The molecule has 1 nitrogen and oxygen atoms in total. The average Bonchev–Trinajstić information content (AvgIpc) is 2.04. The number of hydrogen-bond donors (Lipinski definition) is 1. The first-order valence-electron chi connectivity index (χ1n) is 5.09. The van der Waals surface area contributed by atoms with Crippen LogP contribution < -0.4 is 5.73 Å². The Balaban J connectivity index is 2.41. The van der Waals surface area contributed by atoms with Gasteiger partial charge in [-0.15, -0.1) is 0 Å². The fourth-order valence-corrected chi connectivity index (χ4v) is 2.10. The molecule has 0 aromatic carbocycles. The van der Waals surface area contributed by atoms with Gasteiger partial charge >= 0.3 is 0 Å². The summed E-state index contributed by atoms with van der Waals surface area (Å²) in [4.78, 5) is 0. The second kappa shape index (κ2) is 4.66. The molecule has 12 heavy (non-hydrogen) atoms. The van der Waals surface area contributed by atoms with E-state index in [0.29, 0.717) is 0 Å². The Bertz CT molecular complexity index is 160. The van der Waals surface area contributed by atoms with Gasteiger partial charge in [0.2, 0.25) is 0 Å². The minimum absolute atomic E-state index is 0.727. The van der Waals surface area contributed by atoms with E-state index in [4.69, 9.17) is 5.73 Å². The largest absolute Gasteiger partial charge is 0.327 e. The average molecular weight is 167 g/mol. The molecular formula is C11H21N.